The van der Waals surface area contributed by atoms with E-state index in [0.29, 0.717) is 12.5 Å². The third-order valence-electron chi connectivity index (χ3n) is 2.73. The number of hydrogen-bond acceptors (Lipinski definition) is 7. The molecule has 3 heterocycles. The Bertz CT molecular complexity index is 675. The van der Waals surface area contributed by atoms with E-state index < -0.39 is 0 Å². The molecule has 0 saturated heterocycles. The Morgan fingerprint density at radius 3 is 3.05 bits per heavy atom. The molecule has 7 nitrogen and oxygen atoms in total. The first kappa shape index (κ1) is 11.8. The van der Waals surface area contributed by atoms with Crippen molar-refractivity contribution in [1.29, 1.82) is 0 Å². The van der Waals surface area contributed by atoms with Crippen molar-refractivity contribution in [3.8, 4) is 0 Å². The van der Waals surface area contributed by atoms with Gasteiger partial charge in [-0.2, -0.15) is 15.1 Å². The SMILES string of the molecule is CNc1nc(N(C)Cc2nccs2)c2cn[nH]c2n1. The van der Waals surface area contributed by atoms with Gasteiger partial charge in [-0.25, -0.2) is 4.98 Å². The van der Waals surface area contributed by atoms with Crippen LogP contribution in [-0.4, -0.2) is 39.2 Å². The van der Waals surface area contributed by atoms with Crippen LogP contribution in [0.2, 0.25) is 0 Å². The summed E-state index contributed by atoms with van der Waals surface area (Å²) in [7, 11) is 3.78. The first-order chi connectivity index (χ1) is 9.28. The van der Waals surface area contributed by atoms with Gasteiger partial charge in [-0.05, 0) is 0 Å². The number of nitrogens with one attached hydrogen (secondary N) is 2. The number of hydrogen-bond donors (Lipinski definition) is 2. The van der Waals surface area contributed by atoms with Crippen molar-refractivity contribution in [2.75, 3.05) is 24.3 Å². The Labute approximate surface area is 113 Å². The quantitative estimate of drug-likeness (QED) is 0.750. The second-order valence-corrected chi connectivity index (χ2v) is 5.01. The summed E-state index contributed by atoms with van der Waals surface area (Å²) < 4.78 is 0. The van der Waals surface area contributed by atoms with E-state index in [-0.39, 0.29) is 0 Å². The number of H-pyrrole nitrogens is 1. The molecule has 0 unspecified atom stereocenters. The standard InChI is InChI=1S/C11H13N7S/c1-12-11-15-9-7(5-14-17-9)10(16-11)18(2)6-8-13-3-4-19-8/h3-5H,6H2,1-2H3,(H2,12,14,15,16,17). The summed E-state index contributed by atoms with van der Waals surface area (Å²) in [6.07, 6.45) is 3.54. The maximum atomic E-state index is 4.49. The number of nitrogens with zero attached hydrogens (tertiary/aromatic N) is 5. The normalized spacial score (nSPS) is 10.8. The van der Waals surface area contributed by atoms with Gasteiger partial charge in [-0.15, -0.1) is 11.3 Å². The van der Waals surface area contributed by atoms with Crippen molar-refractivity contribution in [2.24, 2.45) is 0 Å². The zero-order valence-corrected chi connectivity index (χ0v) is 11.4. The number of aromatic nitrogens is 5. The predicted octanol–water partition coefficient (Wildman–Crippen LogP) is 1.49. The summed E-state index contributed by atoms with van der Waals surface area (Å²) in [6.45, 7) is 0.706. The van der Waals surface area contributed by atoms with Crippen LogP contribution in [0.3, 0.4) is 0 Å². The largest absolute Gasteiger partial charge is 0.357 e. The average molecular weight is 275 g/mol. The lowest BCUT2D eigenvalue weighted by Gasteiger charge is -2.17. The summed E-state index contributed by atoms with van der Waals surface area (Å²) in [5, 5.41) is 13.8. The van der Waals surface area contributed by atoms with Crippen LogP contribution in [0.5, 0.6) is 0 Å². The van der Waals surface area contributed by atoms with Crippen LogP contribution in [0, 0.1) is 0 Å². The maximum Gasteiger partial charge on any atom is 0.226 e. The molecule has 3 aromatic heterocycles. The number of fused-ring (bicyclic) bond motifs is 1. The van der Waals surface area contributed by atoms with E-state index in [9.17, 15) is 0 Å². The fourth-order valence-electron chi connectivity index (χ4n) is 1.83. The van der Waals surface area contributed by atoms with E-state index in [2.05, 4.69) is 30.5 Å². The molecule has 0 aromatic carbocycles. The second-order valence-electron chi connectivity index (χ2n) is 4.04. The molecule has 8 heteroatoms. The highest BCUT2D eigenvalue weighted by molar-refractivity contribution is 7.09. The molecule has 0 aliphatic heterocycles. The van der Waals surface area contributed by atoms with Crippen molar-refractivity contribution in [3.63, 3.8) is 0 Å². The lowest BCUT2D eigenvalue weighted by Crippen LogP contribution is -2.18. The van der Waals surface area contributed by atoms with Gasteiger partial charge in [0, 0.05) is 25.7 Å². The van der Waals surface area contributed by atoms with Crippen molar-refractivity contribution in [2.45, 2.75) is 6.54 Å². The molecule has 3 rings (SSSR count). The van der Waals surface area contributed by atoms with Gasteiger partial charge in [0.2, 0.25) is 5.95 Å². The molecule has 2 N–H and O–H groups in total. The molecule has 0 aliphatic rings. The smallest absolute Gasteiger partial charge is 0.226 e. The zero-order valence-electron chi connectivity index (χ0n) is 10.6. The molecule has 0 bridgehead atoms. The third-order valence-corrected chi connectivity index (χ3v) is 3.50. The van der Waals surface area contributed by atoms with E-state index in [0.717, 1.165) is 21.9 Å². The van der Waals surface area contributed by atoms with Gasteiger partial charge < -0.3 is 10.2 Å². The van der Waals surface area contributed by atoms with Gasteiger partial charge >= 0.3 is 0 Å². The highest BCUT2D eigenvalue weighted by Crippen LogP contribution is 2.24. The van der Waals surface area contributed by atoms with Crippen LogP contribution in [-0.2, 0) is 6.54 Å². The highest BCUT2D eigenvalue weighted by atomic mass is 32.1. The van der Waals surface area contributed by atoms with Crippen LogP contribution < -0.4 is 10.2 Å². The molecule has 0 amide bonds. The molecular weight excluding hydrogens is 262 g/mol. The van der Waals surface area contributed by atoms with Crippen molar-refractivity contribution in [1.82, 2.24) is 25.1 Å². The summed E-state index contributed by atoms with van der Waals surface area (Å²) >= 11 is 1.63. The summed E-state index contributed by atoms with van der Waals surface area (Å²) in [5.74, 6) is 1.40. The Morgan fingerprint density at radius 1 is 1.42 bits per heavy atom. The van der Waals surface area contributed by atoms with Crippen molar-refractivity contribution >= 4 is 34.1 Å². The lowest BCUT2D eigenvalue weighted by molar-refractivity contribution is 0.891. The summed E-state index contributed by atoms with van der Waals surface area (Å²) in [6, 6.07) is 0. The van der Waals surface area contributed by atoms with Gasteiger partial charge in [-0.1, -0.05) is 0 Å². The Balaban J connectivity index is 2.00. The zero-order chi connectivity index (χ0) is 13.2. The average Bonchev–Trinajstić information content (AvgIpc) is 3.07. The molecule has 19 heavy (non-hydrogen) atoms. The Morgan fingerprint density at radius 2 is 2.32 bits per heavy atom. The second kappa shape index (κ2) is 4.81. The molecule has 0 atom stereocenters. The molecule has 0 aliphatic carbocycles. The molecule has 98 valence electrons. The number of thiazole rings is 1. The van der Waals surface area contributed by atoms with Gasteiger partial charge in [0.1, 0.15) is 10.8 Å². The summed E-state index contributed by atoms with van der Waals surface area (Å²) in [4.78, 5) is 15.1. The van der Waals surface area contributed by atoms with Crippen LogP contribution in [0.15, 0.2) is 17.8 Å². The van der Waals surface area contributed by atoms with Gasteiger partial charge in [0.15, 0.2) is 5.65 Å². The first-order valence-corrected chi connectivity index (χ1v) is 6.64. The first-order valence-electron chi connectivity index (χ1n) is 5.76. The minimum Gasteiger partial charge on any atom is -0.357 e. The number of rotatable bonds is 4. The molecular formula is C11H13N7S. The predicted molar refractivity (Wildman–Crippen MR) is 75.5 cm³/mol. The van der Waals surface area contributed by atoms with E-state index in [4.69, 9.17) is 0 Å². The van der Waals surface area contributed by atoms with E-state index in [1.165, 1.54) is 0 Å². The number of aromatic amines is 1. The monoisotopic (exact) mass is 275 g/mol. The molecule has 0 saturated carbocycles. The minimum atomic E-state index is 0.567. The molecule has 0 spiro atoms. The highest BCUT2D eigenvalue weighted by Gasteiger charge is 2.13. The third kappa shape index (κ3) is 2.22. The van der Waals surface area contributed by atoms with Gasteiger partial charge in [0.25, 0.3) is 0 Å². The number of anilines is 2. The van der Waals surface area contributed by atoms with Crippen molar-refractivity contribution in [3.05, 3.63) is 22.8 Å². The minimum absolute atomic E-state index is 0.567. The van der Waals surface area contributed by atoms with Crippen molar-refractivity contribution < 1.29 is 0 Å². The van der Waals surface area contributed by atoms with Crippen LogP contribution in [0.1, 0.15) is 5.01 Å². The van der Waals surface area contributed by atoms with Crippen LogP contribution in [0.25, 0.3) is 11.0 Å². The van der Waals surface area contributed by atoms with Gasteiger partial charge in [-0.3, -0.25) is 5.10 Å². The topological polar surface area (TPSA) is 82.6 Å². The fourth-order valence-corrected chi connectivity index (χ4v) is 2.50. The Hall–Kier alpha value is -2.22. The molecule has 0 fully saturated rings. The molecule has 0 radical (unpaired) electrons. The Kier molecular flexibility index (Phi) is 3.00. The van der Waals surface area contributed by atoms with E-state index >= 15 is 0 Å². The van der Waals surface area contributed by atoms with Crippen LogP contribution >= 0.6 is 11.3 Å². The van der Waals surface area contributed by atoms with E-state index in [1.54, 1.807) is 30.8 Å². The summed E-state index contributed by atoms with van der Waals surface area (Å²) in [5.41, 5.74) is 0.723. The van der Waals surface area contributed by atoms with Gasteiger partial charge in [0.05, 0.1) is 18.1 Å². The lowest BCUT2D eigenvalue weighted by atomic mass is 10.3. The fraction of sp³-hybridized carbons (Fsp3) is 0.273. The van der Waals surface area contributed by atoms with Crippen LogP contribution in [0.4, 0.5) is 11.8 Å². The molecule has 3 aromatic rings. The van der Waals surface area contributed by atoms with E-state index in [1.807, 2.05) is 17.3 Å². The maximum absolute atomic E-state index is 4.49.